The number of hydrogen-bond acceptors (Lipinski definition) is 6. The van der Waals surface area contributed by atoms with Gasteiger partial charge in [0.1, 0.15) is 0 Å². The van der Waals surface area contributed by atoms with E-state index in [0.29, 0.717) is 11.5 Å². The molecule has 1 saturated carbocycles. The summed E-state index contributed by atoms with van der Waals surface area (Å²) in [5.41, 5.74) is 15.5. The summed E-state index contributed by atoms with van der Waals surface area (Å²) < 4.78 is 43.6. The van der Waals surface area contributed by atoms with E-state index in [2.05, 4.69) is 9.88 Å². The van der Waals surface area contributed by atoms with Gasteiger partial charge >= 0.3 is 6.18 Å². The molecular formula is C24H34B2F3N5O. The van der Waals surface area contributed by atoms with Crippen molar-refractivity contribution in [2.45, 2.75) is 50.5 Å². The molecule has 3 heterocycles. The number of nitrogens with two attached hydrogens (primary N) is 3. The SMILES string of the molecule is CC(/C=C(\N)c1cnccc1C(F)(F)F)=C(N)N.[B]C([B])(C1CCOCC1)N1CC2CCCC2C1. The number of rotatable bonds is 4. The standard InChI is InChI=1S/C13H21B2NO.C11H13F3N4/c14-13(15,12-4-6-17-7-5-12)16-8-10-2-1-3-11(10)9-16;1-6(10(16)17)4-9(15)7-5-18-3-2-8(7)11(12,13)14/h10-12H,1-9H2;2-5H,15-17H2,1H3/b;9-4-. The van der Waals surface area contributed by atoms with Crippen LogP contribution in [-0.4, -0.2) is 57.2 Å². The van der Waals surface area contributed by atoms with Crippen LogP contribution in [0.5, 0.6) is 0 Å². The van der Waals surface area contributed by atoms with Gasteiger partial charge in [0.2, 0.25) is 0 Å². The van der Waals surface area contributed by atoms with Crippen LogP contribution in [-0.2, 0) is 10.9 Å². The van der Waals surface area contributed by atoms with Gasteiger partial charge in [0, 0.05) is 50.0 Å². The number of ether oxygens (including phenoxy) is 1. The molecule has 3 fully saturated rings. The first-order chi connectivity index (χ1) is 16.4. The van der Waals surface area contributed by atoms with Gasteiger partial charge in [0.25, 0.3) is 0 Å². The van der Waals surface area contributed by atoms with E-state index in [0.717, 1.165) is 69.4 Å². The molecule has 0 amide bonds. The molecule has 1 aliphatic carbocycles. The number of fused-ring (bicyclic) bond motifs is 1. The summed E-state index contributed by atoms with van der Waals surface area (Å²) in [6, 6.07) is 0.862. The van der Waals surface area contributed by atoms with Crippen LogP contribution in [0.2, 0.25) is 0 Å². The fourth-order valence-corrected chi connectivity index (χ4v) is 5.24. The van der Waals surface area contributed by atoms with Gasteiger partial charge in [-0.25, -0.2) is 0 Å². The van der Waals surface area contributed by atoms with Crippen LogP contribution >= 0.6 is 0 Å². The number of aromatic nitrogens is 1. The van der Waals surface area contributed by atoms with Gasteiger partial charge < -0.3 is 26.8 Å². The molecule has 2 atom stereocenters. The molecule has 0 bridgehead atoms. The van der Waals surface area contributed by atoms with Crippen molar-refractivity contribution >= 4 is 21.4 Å². The quantitative estimate of drug-likeness (QED) is 0.446. The largest absolute Gasteiger partial charge is 0.417 e. The van der Waals surface area contributed by atoms with Crippen LogP contribution in [0.3, 0.4) is 0 Å². The highest BCUT2D eigenvalue weighted by Crippen LogP contribution is 2.41. The van der Waals surface area contributed by atoms with Gasteiger partial charge in [-0.3, -0.25) is 4.98 Å². The minimum atomic E-state index is -4.50. The number of nitrogens with zero attached hydrogens (tertiary/aromatic N) is 2. The highest BCUT2D eigenvalue weighted by Gasteiger charge is 2.43. The molecule has 6 nitrogen and oxygen atoms in total. The van der Waals surface area contributed by atoms with E-state index >= 15 is 0 Å². The molecule has 2 saturated heterocycles. The summed E-state index contributed by atoms with van der Waals surface area (Å²) in [6.07, 6.45) is 5.08. The fraction of sp³-hybridized carbons (Fsp3) is 0.625. The van der Waals surface area contributed by atoms with Crippen LogP contribution in [0.15, 0.2) is 35.9 Å². The first-order valence-corrected chi connectivity index (χ1v) is 12.0. The second-order valence-corrected chi connectivity index (χ2v) is 9.79. The number of likely N-dealkylation sites (tertiary alicyclic amines) is 1. The molecule has 3 aliphatic rings. The minimum absolute atomic E-state index is 0.00426. The van der Waals surface area contributed by atoms with Gasteiger partial charge in [-0.15, -0.1) is 0 Å². The van der Waals surface area contributed by atoms with Crippen molar-refractivity contribution in [3.8, 4) is 0 Å². The third-order valence-corrected chi connectivity index (χ3v) is 7.41. The number of alkyl halides is 3. The summed E-state index contributed by atoms with van der Waals surface area (Å²) in [5.74, 6) is 2.12. The van der Waals surface area contributed by atoms with Crippen LogP contribution in [0, 0.1) is 17.8 Å². The summed E-state index contributed by atoms with van der Waals surface area (Å²) in [5, 5.41) is -0.603. The smallest absolute Gasteiger partial charge is 0.398 e. The van der Waals surface area contributed by atoms with E-state index in [1.54, 1.807) is 6.92 Å². The summed E-state index contributed by atoms with van der Waals surface area (Å²) in [4.78, 5) is 5.99. The molecule has 188 valence electrons. The summed E-state index contributed by atoms with van der Waals surface area (Å²) >= 11 is 0. The number of hydrogen-bond donors (Lipinski definition) is 3. The van der Waals surface area contributed by atoms with E-state index < -0.39 is 17.1 Å². The zero-order valence-corrected chi connectivity index (χ0v) is 20.2. The van der Waals surface area contributed by atoms with E-state index in [4.69, 9.17) is 37.6 Å². The third-order valence-electron chi connectivity index (χ3n) is 7.41. The molecule has 35 heavy (non-hydrogen) atoms. The van der Waals surface area contributed by atoms with Gasteiger partial charge in [-0.2, -0.15) is 13.2 Å². The Morgan fingerprint density at radius 2 is 1.69 bits per heavy atom. The van der Waals surface area contributed by atoms with Gasteiger partial charge in [-0.1, -0.05) is 11.8 Å². The zero-order valence-electron chi connectivity index (χ0n) is 20.2. The zero-order chi connectivity index (χ0) is 25.8. The second kappa shape index (κ2) is 11.3. The van der Waals surface area contributed by atoms with Gasteiger partial charge in [0.05, 0.1) is 27.1 Å². The molecule has 4 rings (SSSR count). The van der Waals surface area contributed by atoms with E-state index in [1.165, 1.54) is 25.3 Å². The van der Waals surface area contributed by atoms with Crippen molar-refractivity contribution < 1.29 is 17.9 Å². The van der Waals surface area contributed by atoms with Crippen molar-refractivity contribution in [3.63, 3.8) is 0 Å². The monoisotopic (exact) mass is 487 g/mol. The Labute approximate surface area is 208 Å². The molecule has 1 aromatic rings. The maximum Gasteiger partial charge on any atom is 0.417 e. The Morgan fingerprint density at radius 3 is 2.23 bits per heavy atom. The Balaban J connectivity index is 0.000000196. The maximum atomic E-state index is 12.7. The minimum Gasteiger partial charge on any atom is -0.398 e. The first kappa shape index (κ1) is 27.5. The number of allylic oxidation sites excluding steroid dienone is 2. The average molecular weight is 487 g/mol. The van der Waals surface area contributed by atoms with E-state index in [-0.39, 0.29) is 17.1 Å². The lowest BCUT2D eigenvalue weighted by molar-refractivity contribution is -0.137. The van der Waals surface area contributed by atoms with Gasteiger partial charge in [-0.05, 0) is 68.1 Å². The molecule has 11 heteroatoms. The topological polar surface area (TPSA) is 103 Å². The first-order valence-electron chi connectivity index (χ1n) is 12.0. The molecule has 2 unspecified atom stereocenters. The lowest BCUT2D eigenvalue weighted by atomic mass is 9.52. The maximum absolute atomic E-state index is 12.7. The predicted octanol–water partition coefficient (Wildman–Crippen LogP) is 2.68. The molecule has 1 aromatic heterocycles. The lowest BCUT2D eigenvalue weighted by Gasteiger charge is -2.45. The van der Waals surface area contributed by atoms with Crippen LogP contribution in [0.1, 0.15) is 50.2 Å². The van der Waals surface area contributed by atoms with Crippen molar-refractivity contribution in [1.82, 2.24) is 9.88 Å². The molecular weight excluding hydrogens is 453 g/mol. The van der Waals surface area contributed by atoms with Crippen molar-refractivity contribution in [3.05, 3.63) is 47.1 Å². The molecule has 6 N–H and O–H groups in total. The highest BCUT2D eigenvalue weighted by molar-refractivity contribution is 6.40. The highest BCUT2D eigenvalue weighted by atomic mass is 19.4. The van der Waals surface area contributed by atoms with E-state index in [9.17, 15) is 13.2 Å². The Kier molecular flexibility index (Phi) is 8.86. The Hall–Kier alpha value is -2.13. The molecule has 0 aromatic carbocycles. The third kappa shape index (κ3) is 6.76. The van der Waals surface area contributed by atoms with Crippen molar-refractivity contribution in [2.24, 2.45) is 35.0 Å². The van der Waals surface area contributed by atoms with Crippen LogP contribution in [0.25, 0.3) is 5.70 Å². The summed E-state index contributed by atoms with van der Waals surface area (Å²) in [7, 11) is 12.9. The van der Waals surface area contributed by atoms with Crippen molar-refractivity contribution in [1.29, 1.82) is 0 Å². The van der Waals surface area contributed by atoms with Gasteiger partial charge in [0.15, 0.2) is 0 Å². The lowest BCUT2D eigenvalue weighted by Crippen LogP contribution is -2.55. The van der Waals surface area contributed by atoms with E-state index in [1.807, 2.05) is 0 Å². The Bertz CT molecular complexity index is 916. The van der Waals surface area contributed by atoms with Crippen LogP contribution in [0.4, 0.5) is 13.2 Å². The molecule has 2 aliphatic heterocycles. The van der Waals surface area contributed by atoms with Crippen molar-refractivity contribution in [2.75, 3.05) is 26.3 Å². The predicted molar refractivity (Wildman–Crippen MR) is 133 cm³/mol. The molecule has 4 radical (unpaired) electrons. The second-order valence-electron chi connectivity index (χ2n) is 9.79. The fourth-order valence-electron chi connectivity index (χ4n) is 5.24. The normalized spacial score (nSPS) is 23.9. The van der Waals surface area contributed by atoms with Crippen LogP contribution < -0.4 is 17.2 Å². The number of halogens is 3. The Morgan fingerprint density at radius 1 is 1.09 bits per heavy atom. The number of pyridine rings is 1. The summed E-state index contributed by atoms with van der Waals surface area (Å²) in [6.45, 7) is 5.43. The molecule has 0 spiro atoms. The average Bonchev–Trinajstić information content (AvgIpc) is 3.42.